The second kappa shape index (κ2) is 3.74. The Labute approximate surface area is 104 Å². The summed E-state index contributed by atoms with van der Waals surface area (Å²) in [7, 11) is 0. The molecule has 0 radical (unpaired) electrons. The minimum Gasteiger partial charge on any atom is -0.398 e. The van der Waals surface area contributed by atoms with Gasteiger partial charge in [0.2, 0.25) is 0 Å². The summed E-state index contributed by atoms with van der Waals surface area (Å²) in [5.74, 6) is -0.498. The van der Waals surface area contributed by atoms with E-state index in [2.05, 4.69) is 6.07 Å². The highest BCUT2D eigenvalue weighted by Crippen LogP contribution is 2.29. The summed E-state index contributed by atoms with van der Waals surface area (Å²) >= 11 is 0. The molecule has 0 atom stereocenters. The van der Waals surface area contributed by atoms with E-state index >= 15 is 0 Å². The molecular formula is C15H12N2O. The lowest BCUT2D eigenvalue weighted by molar-refractivity contribution is 0.100. The lowest BCUT2D eigenvalue weighted by atomic mass is 9.99. The molecular weight excluding hydrogens is 224 g/mol. The molecule has 4 N–H and O–H groups in total. The van der Waals surface area contributed by atoms with Crippen LogP contribution in [0.2, 0.25) is 0 Å². The van der Waals surface area contributed by atoms with Crippen molar-refractivity contribution in [1.29, 1.82) is 0 Å². The molecule has 0 unspecified atom stereocenters. The van der Waals surface area contributed by atoms with Gasteiger partial charge in [-0.25, -0.2) is 0 Å². The normalized spacial score (nSPS) is 10.9. The second-order valence-electron chi connectivity index (χ2n) is 4.31. The number of nitrogens with two attached hydrogens (primary N) is 2. The molecule has 88 valence electrons. The largest absolute Gasteiger partial charge is 0.398 e. The van der Waals surface area contributed by atoms with Gasteiger partial charge in [-0.3, -0.25) is 4.79 Å². The molecule has 0 spiro atoms. The average Bonchev–Trinajstić information content (AvgIpc) is 2.37. The van der Waals surface area contributed by atoms with Gasteiger partial charge in [0.1, 0.15) is 0 Å². The zero-order chi connectivity index (χ0) is 12.7. The second-order valence-corrected chi connectivity index (χ2v) is 4.31. The van der Waals surface area contributed by atoms with Gasteiger partial charge in [0.25, 0.3) is 5.91 Å². The van der Waals surface area contributed by atoms with Crippen LogP contribution in [0.4, 0.5) is 5.69 Å². The van der Waals surface area contributed by atoms with Crippen LogP contribution in [0.15, 0.2) is 48.5 Å². The van der Waals surface area contributed by atoms with E-state index in [1.54, 1.807) is 6.07 Å². The number of hydrogen-bond donors (Lipinski definition) is 2. The van der Waals surface area contributed by atoms with Gasteiger partial charge in [0.05, 0.1) is 11.3 Å². The molecule has 3 nitrogen and oxygen atoms in total. The number of hydrogen-bond acceptors (Lipinski definition) is 2. The molecule has 0 aliphatic carbocycles. The minimum atomic E-state index is -0.498. The predicted molar refractivity (Wildman–Crippen MR) is 74.4 cm³/mol. The van der Waals surface area contributed by atoms with Crippen LogP contribution in [0.5, 0.6) is 0 Å². The first-order valence-electron chi connectivity index (χ1n) is 5.67. The summed E-state index contributed by atoms with van der Waals surface area (Å²) in [6, 6.07) is 15.6. The number of anilines is 1. The quantitative estimate of drug-likeness (QED) is 0.503. The number of benzene rings is 3. The molecule has 3 rings (SSSR count). The van der Waals surface area contributed by atoms with E-state index in [9.17, 15) is 4.79 Å². The maximum Gasteiger partial charge on any atom is 0.250 e. The highest BCUT2D eigenvalue weighted by Gasteiger charge is 2.09. The molecule has 3 aromatic rings. The molecule has 3 heteroatoms. The van der Waals surface area contributed by atoms with E-state index < -0.39 is 5.91 Å². The topological polar surface area (TPSA) is 69.1 Å². The smallest absolute Gasteiger partial charge is 0.250 e. The molecule has 0 heterocycles. The lowest BCUT2D eigenvalue weighted by Crippen LogP contribution is -2.13. The van der Waals surface area contributed by atoms with Crippen LogP contribution in [0.1, 0.15) is 10.4 Å². The van der Waals surface area contributed by atoms with Gasteiger partial charge >= 0.3 is 0 Å². The van der Waals surface area contributed by atoms with Crippen molar-refractivity contribution < 1.29 is 4.79 Å². The number of primary amides is 1. The Kier molecular flexibility index (Phi) is 2.20. The van der Waals surface area contributed by atoms with Gasteiger partial charge in [-0.2, -0.15) is 0 Å². The number of carbonyl (C=O) groups excluding carboxylic acids is 1. The Balaban J connectivity index is 2.44. The van der Waals surface area contributed by atoms with E-state index in [-0.39, 0.29) is 0 Å². The Morgan fingerprint density at radius 3 is 2.22 bits per heavy atom. The number of rotatable bonds is 1. The van der Waals surface area contributed by atoms with Gasteiger partial charge in [-0.05, 0) is 34.4 Å². The van der Waals surface area contributed by atoms with Crippen LogP contribution < -0.4 is 11.5 Å². The highest BCUT2D eigenvalue weighted by molar-refractivity contribution is 6.10. The first-order valence-corrected chi connectivity index (χ1v) is 5.67. The van der Waals surface area contributed by atoms with Crippen LogP contribution in [0.25, 0.3) is 21.5 Å². The highest BCUT2D eigenvalue weighted by atomic mass is 16.1. The van der Waals surface area contributed by atoms with Crippen LogP contribution >= 0.6 is 0 Å². The Morgan fingerprint density at radius 1 is 0.889 bits per heavy atom. The fourth-order valence-electron chi connectivity index (χ4n) is 2.25. The van der Waals surface area contributed by atoms with Gasteiger partial charge < -0.3 is 11.5 Å². The third-order valence-corrected chi connectivity index (χ3v) is 3.19. The van der Waals surface area contributed by atoms with Crippen molar-refractivity contribution in [3.8, 4) is 0 Å². The van der Waals surface area contributed by atoms with Crippen LogP contribution in [0.3, 0.4) is 0 Å². The number of fused-ring (bicyclic) bond motifs is 2. The summed E-state index contributed by atoms with van der Waals surface area (Å²) in [6.45, 7) is 0. The fourth-order valence-corrected chi connectivity index (χ4v) is 2.25. The molecule has 0 fully saturated rings. The Bertz CT molecular complexity index is 778. The van der Waals surface area contributed by atoms with Gasteiger partial charge in [0.15, 0.2) is 0 Å². The summed E-state index contributed by atoms with van der Waals surface area (Å²) in [5.41, 5.74) is 12.1. The van der Waals surface area contributed by atoms with E-state index in [1.807, 2.05) is 36.4 Å². The molecule has 0 aliphatic heterocycles. The SMILES string of the molecule is NC(=O)c1ccc2cc3ccccc3cc2c1N. The van der Waals surface area contributed by atoms with Crippen LogP contribution in [-0.4, -0.2) is 5.91 Å². The molecule has 1 amide bonds. The predicted octanol–water partition coefficient (Wildman–Crippen LogP) is 2.67. The lowest BCUT2D eigenvalue weighted by Gasteiger charge is -2.08. The molecule has 3 aromatic carbocycles. The van der Waals surface area contributed by atoms with E-state index in [0.717, 1.165) is 21.5 Å². The van der Waals surface area contributed by atoms with E-state index in [1.165, 1.54) is 0 Å². The van der Waals surface area contributed by atoms with Gasteiger partial charge in [-0.15, -0.1) is 0 Å². The monoisotopic (exact) mass is 236 g/mol. The summed E-state index contributed by atoms with van der Waals surface area (Å²) < 4.78 is 0. The maximum absolute atomic E-state index is 11.3. The van der Waals surface area contributed by atoms with Crippen molar-refractivity contribution in [2.45, 2.75) is 0 Å². The van der Waals surface area contributed by atoms with Crippen molar-refractivity contribution >= 4 is 33.1 Å². The Hall–Kier alpha value is -2.55. The average molecular weight is 236 g/mol. The van der Waals surface area contributed by atoms with Crippen molar-refractivity contribution in [2.24, 2.45) is 5.73 Å². The number of carbonyl (C=O) groups is 1. The first kappa shape index (κ1) is 10.6. The molecule has 18 heavy (non-hydrogen) atoms. The van der Waals surface area contributed by atoms with Crippen LogP contribution in [-0.2, 0) is 0 Å². The van der Waals surface area contributed by atoms with Crippen molar-refractivity contribution in [1.82, 2.24) is 0 Å². The standard InChI is InChI=1S/C15H12N2O/c16-14-12(15(17)18)6-5-11-7-9-3-1-2-4-10(9)8-13(11)14/h1-8H,16H2,(H2,17,18). The third kappa shape index (κ3) is 1.49. The van der Waals surface area contributed by atoms with Crippen LogP contribution in [0, 0.1) is 0 Å². The molecule has 0 aliphatic rings. The summed E-state index contributed by atoms with van der Waals surface area (Å²) in [4.78, 5) is 11.3. The van der Waals surface area contributed by atoms with Gasteiger partial charge in [0, 0.05) is 5.39 Å². The molecule has 0 aromatic heterocycles. The summed E-state index contributed by atoms with van der Waals surface area (Å²) in [5, 5.41) is 4.12. The molecule has 0 saturated heterocycles. The van der Waals surface area contributed by atoms with Gasteiger partial charge in [-0.1, -0.05) is 30.3 Å². The van der Waals surface area contributed by atoms with Crippen molar-refractivity contribution in [3.05, 3.63) is 54.1 Å². The van der Waals surface area contributed by atoms with Crippen molar-refractivity contribution in [2.75, 3.05) is 5.73 Å². The molecule has 0 saturated carbocycles. The number of amides is 1. The summed E-state index contributed by atoms with van der Waals surface area (Å²) in [6.07, 6.45) is 0. The first-order chi connectivity index (χ1) is 8.66. The third-order valence-electron chi connectivity index (χ3n) is 3.19. The minimum absolute atomic E-state index is 0.373. The van der Waals surface area contributed by atoms with E-state index in [0.29, 0.717) is 11.3 Å². The number of nitrogen functional groups attached to an aromatic ring is 1. The Morgan fingerprint density at radius 2 is 1.56 bits per heavy atom. The maximum atomic E-state index is 11.3. The zero-order valence-electron chi connectivity index (χ0n) is 9.68. The fraction of sp³-hybridized carbons (Fsp3) is 0. The zero-order valence-corrected chi connectivity index (χ0v) is 9.68. The van der Waals surface area contributed by atoms with E-state index in [4.69, 9.17) is 11.5 Å². The molecule has 0 bridgehead atoms. The van der Waals surface area contributed by atoms with Crippen molar-refractivity contribution in [3.63, 3.8) is 0 Å².